The highest BCUT2D eigenvalue weighted by Crippen LogP contribution is 2.31. The van der Waals surface area contributed by atoms with Crippen molar-refractivity contribution in [1.29, 1.82) is 0 Å². The molecular formula is C16H19NO3. The molecule has 1 aliphatic carbocycles. The van der Waals surface area contributed by atoms with Crippen LogP contribution in [0.3, 0.4) is 0 Å². The minimum absolute atomic E-state index is 0.151. The number of ether oxygens (including phenoxy) is 1. The van der Waals surface area contributed by atoms with Gasteiger partial charge >= 0.3 is 0 Å². The van der Waals surface area contributed by atoms with E-state index in [-0.39, 0.29) is 18.5 Å². The summed E-state index contributed by atoms with van der Waals surface area (Å²) >= 11 is 0. The second-order valence-corrected chi connectivity index (χ2v) is 5.46. The Morgan fingerprint density at radius 1 is 1.15 bits per heavy atom. The summed E-state index contributed by atoms with van der Waals surface area (Å²) in [7, 11) is 0. The van der Waals surface area contributed by atoms with Gasteiger partial charge in [0.05, 0.1) is 0 Å². The van der Waals surface area contributed by atoms with Crippen LogP contribution in [0.5, 0.6) is 11.6 Å². The summed E-state index contributed by atoms with van der Waals surface area (Å²) in [4.78, 5) is 4.30. The van der Waals surface area contributed by atoms with Crippen LogP contribution in [-0.2, 0) is 0 Å². The fraction of sp³-hybridized carbons (Fsp3) is 0.438. The Morgan fingerprint density at radius 2 is 1.95 bits per heavy atom. The van der Waals surface area contributed by atoms with Crippen LogP contribution in [0, 0.1) is 5.92 Å². The Kier molecular flexibility index (Phi) is 3.74. The lowest BCUT2D eigenvalue weighted by atomic mass is 9.88. The smallest absolute Gasteiger partial charge is 0.221 e. The Morgan fingerprint density at radius 3 is 2.70 bits per heavy atom. The predicted molar refractivity (Wildman–Crippen MR) is 76.9 cm³/mol. The largest absolute Gasteiger partial charge is 0.508 e. The van der Waals surface area contributed by atoms with E-state index in [0.29, 0.717) is 11.8 Å². The van der Waals surface area contributed by atoms with Crippen LogP contribution in [-0.4, -0.2) is 27.9 Å². The van der Waals surface area contributed by atoms with Gasteiger partial charge in [0.15, 0.2) is 0 Å². The number of aliphatic hydroxyl groups excluding tert-OH is 1. The third kappa shape index (κ3) is 2.70. The number of hydrogen-bond donors (Lipinski definition) is 2. The molecule has 1 fully saturated rings. The number of pyridine rings is 1. The van der Waals surface area contributed by atoms with E-state index in [4.69, 9.17) is 9.84 Å². The molecule has 4 nitrogen and oxygen atoms in total. The Labute approximate surface area is 118 Å². The summed E-state index contributed by atoms with van der Waals surface area (Å²) in [5.41, 5.74) is 0. The van der Waals surface area contributed by atoms with Gasteiger partial charge in [0.25, 0.3) is 0 Å². The van der Waals surface area contributed by atoms with E-state index < -0.39 is 0 Å². The number of aromatic hydroxyl groups is 1. The minimum atomic E-state index is 0.151. The molecule has 106 valence electrons. The summed E-state index contributed by atoms with van der Waals surface area (Å²) in [5.74, 6) is 1.23. The normalized spacial score (nSPS) is 22.9. The minimum Gasteiger partial charge on any atom is -0.508 e. The molecule has 20 heavy (non-hydrogen) atoms. The van der Waals surface area contributed by atoms with E-state index >= 15 is 0 Å². The van der Waals surface area contributed by atoms with E-state index in [2.05, 4.69) is 4.98 Å². The molecule has 0 bridgehead atoms. The quantitative estimate of drug-likeness (QED) is 0.902. The molecule has 0 saturated heterocycles. The third-order valence-electron chi connectivity index (χ3n) is 4.04. The standard InChI is InChI=1S/C16H19NO3/c18-10-11-1-5-14(6-2-11)20-16-15-9-13(19)4-3-12(15)7-8-17-16/h3-4,7-9,11,14,18-19H,1-2,5-6,10H2. The predicted octanol–water partition coefficient (Wildman–Crippen LogP) is 2.87. The zero-order valence-electron chi connectivity index (χ0n) is 11.3. The van der Waals surface area contributed by atoms with Gasteiger partial charge in [0, 0.05) is 18.2 Å². The van der Waals surface area contributed by atoms with Crippen molar-refractivity contribution >= 4 is 10.8 Å². The molecule has 4 heteroatoms. The number of aromatic nitrogens is 1. The first-order valence-electron chi connectivity index (χ1n) is 7.11. The van der Waals surface area contributed by atoms with Gasteiger partial charge in [0.2, 0.25) is 5.88 Å². The van der Waals surface area contributed by atoms with Gasteiger partial charge in [-0.1, -0.05) is 6.07 Å². The Balaban J connectivity index is 1.79. The van der Waals surface area contributed by atoms with Crippen molar-refractivity contribution < 1.29 is 14.9 Å². The number of fused-ring (bicyclic) bond motifs is 1. The summed E-state index contributed by atoms with van der Waals surface area (Å²) in [6.07, 6.45) is 5.77. The molecule has 2 N–H and O–H groups in total. The molecular weight excluding hydrogens is 254 g/mol. The molecule has 1 aliphatic rings. The van der Waals surface area contributed by atoms with Crippen LogP contribution in [0.25, 0.3) is 10.8 Å². The van der Waals surface area contributed by atoms with Crippen LogP contribution in [0.2, 0.25) is 0 Å². The van der Waals surface area contributed by atoms with Crippen LogP contribution < -0.4 is 4.74 Å². The van der Waals surface area contributed by atoms with Gasteiger partial charge in [-0.05, 0) is 55.2 Å². The van der Waals surface area contributed by atoms with Gasteiger partial charge in [-0.15, -0.1) is 0 Å². The topological polar surface area (TPSA) is 62.6 Å². The lowest BCUT2D eigenvalue weighted by Gasteiger charge is -2.27. The highest BCUT2D eigenvalue weighted by Gasteiger charge is 2.22. The summed E-state index contributed by atoms with van der Waals surface area (Å²) in [6, 6.07) is 7.13. The maximum Gasteiger partial charge on any atom is 0.221 e. The van der Waals surface area contributed by atoms with Crippen molar-refractivity contribution in [2.75, 3.05) is 6.61 Å². The number of nitrogens with zero attached hydrogens (tertiary/aromatic N) is 1. The fourth-order valence-electron chi connectivity index (χ4n) is 2.81. The van der Waals surface area contributed by atoms with Crippen molar-refractivity contribution in [1.82, 2.24) is 4.98 Å². The van der Waals surface area contributed by atoms with Gasteiger partial charge < -0.3 is 14.9 Å². The molecule has 1 saturated carbocycles. The van der Waals surface area contributed by atoms with E-state index in [9.17, 15) is 5.11 Å². The number of benzene rings is 1. The monoisotopic (exact) mass is 273 g/mol. The summed E-state index contributed by atoms with van der Waals surface area (Å²) in [6.45, 7) is 0.271. The average Bonchev–Trinajstić information content (AvgIpc) is 2.49. The van der Waals surface area contributed by atoms with Crippen molar-refractivity contribution in [3.63, 3.8) is 0 Å². The SMILES string of the molecule is OCC1CCC(Oc2nccc3ccc(O)cc23)CC1. The number of phenols is 1. The molecule has 0 atom stereocenters. The summed E-state index contributed by atoms with van der Waals surface area (Å²) < 4.78 is 6.01. The molecule has 1 aromatic heterocycles. The lowest BCUT2D eigenvalue weighted by Crippen LogP contribution is -2.25. The molecule has 0 unspecified atom stereocenters. The van der Waals surface area contributed by atoms with Crippen LogP contribution >= 0.6 is 0 Å². The second-order valence-electron chi connectivity index (χ2n) is 5.46. The zero-order chi connectivity index (χ0) is 13.9. The fourth-order valence-corrected chi connectivity index (χ4v) is 2.81. The number of phenolic OH excluding ortho intramolecular Hbond substituents is 1. The van der Waals surface area contributed by atoms with Crippen molar-refractivity contribution in [3.8, 4) is 11.6 Å². The Hall–Kier alpha value is -1.81. The summed E-state index contributed by atoms with van der Waals surface area (Å²) in [5, 5.41) is 20.6. The van der Waals surface area contributed by atoms with E-state index in [1.165, 1.54) is 0 Å². The van der Waals surface area contributed by atoms with E-state index in [1.54, 1.807) is 18.3 Å². The zero-order valence-corrected chi connectivity index (χ0v) is 11.3. The Bertz CT molecular complexity index is 591. The maximum atomic E-state index is 9.62. The van der Waals surface area contributed by atoms with Crippen molar-refractivity contribution in [3.05, 3.63) is 30.5 Å². The third-order valence-corrected chi connectivity index (χ3v) is 4.04. The first-order valence-corrected chi connectivity index (χ1v) is 7.11. The molecule has 2 aromatic rings. The number of rotatable bonds is 3. The maximum absolute atomic E-state index is 9.62. The highest BCUT2D eigenvalue weighted by molar-refractivity contribution is 5.87. The molecule has 0 amide bonds. The first-order chi connectivity index (χ1) is 9.76. The molecule has 0 radical (unpaired) electrons. The lowest BCUT2D eigenvalue weighted by molar-refractivity contribution is 0.102. The molecule has 0 spiro atoms. The van der Waals surface area contributed by atoms with Gasteiger partial charge in [-0.2, -0.15) is 0 Å². The van der Waals surface area contributed by atoms with Crippen molar-refractivity contribution in [2.45, 2.75) is 31.8 Å². The van der Waals surface area contributed by atoms with Crippen LogP contribution in [0.1, 0.15) is 25.7 Å². The van der Waals surface area contributed by atoms with E-state index in [0.717, 1.165) is 36.5 Å². The van der Waals surface area contributed by atoms with Gasteiger partial charge in [-0.25, -0.2) is 4.98 Å². The molecule has 3 rings (SSSR count). The van der Waals surface area contributed by atoms with E-state index in [1.807, 2.05) is 12.1 Å². The first kappa shape index (κ1) is 13.2. The van der Waals surface area contributed by atoms with Gasteiger partial charge in [0.1, 0.15) is 11.9 Å². The molecule has 1 aromatic carbocycles. The highest BCUT2D eigenvalue weighted by atomic mass is 16.5. The number of hydrogen-bond acceptors (Lipinski definition) is 4. The number of aliphatic hydroxyl groups is 1. The molecule has 1 heterocycles. The van der Waals surface area contributed by atoms with Crippen LogP contribution in [0.4, 0.5) is 0 Å². The van der Waals surface area contributed by atoms with Gasteiger partial charge in [-0.3, -0.25) is 0 Å². The molecule has 0 aliphatic heterocycles. The second kappa shape index (κ2) is 5.67. The van der Waals surface area contributed by atoms with Crippen molar-refractivity contribution in [2.24, 2.45) is 5.92 Å². The van der Waals surface area contributed by atoms with Crippen LogP contribution in [0.15, 0.2) is 30.5 Å². The average molecular weight is 273 g/mol.